The Kier molecular flexibility index (Phi) is 7.24. The molecule has 0 saturated carbocycles. The molecule has 5 N–H and O–H groups in total. The number of amides is 3. The summed E-state index contributed by atoms with van der Waals surface area (Å²) in [4.78, 5) is 69.8. The first-order valence-electron chi connectivity index (χ1n) is 15.2. The largest absolute Gasteiger partial charge is 0.508 e. The molecule has 3 saturated heterocycles. The van der Waals surface area contributed by atoms with E-state index in [9.17, 15) is 34.2 Å². The molecule has 3 fully saturated rings. The predicted molar refractivity (Wildman–Crippen MR) is 171 cm³/mol. The van der Waals surface area contributed by atoms with Crippen molar-refractivity contribution >= 4 is 52.0 Å². The van der Waals surface area contributed by atoms with Crippen LogP contribution in [-0.4, -0.2) is 91.8 Å². The van der Waals surface area contributed by atoms with Crippen LogP contribution in [0.3, 0.4) is 0 Å². The van der Waals surface area contributed by atoms with Crippen molar-refractivity contribution in [2.24, 2.45) is 0 Å². The molecule has 0 radical (unpaired) electrons. The highest BCUT2D eigenvalue weighted by Gasteiger charge is 2.64. The van der Waals surface area contributed by atoms with Gasteiger partial charge < -0.3 is 40.5 Å². The molecule has 0 bridgehead atoms. The number of piperazine rings is 1. The summed E-state index contributed by atoms with van der Waals surface area (Å²) < 4.78 is 1.14. The summed E-state index contributed by atoms with van der Waals surface area (Å²) in [5.41, 5.74) is 2.76. The average Bonchev–Trinajstić information content (AvgIpc) is 3.57. The number of aromatic nitrogens is 1. The van der Waals surface area contributed by atoms with Gasteiger partial charge in [0.25, 0.3) is 5.91 Å². The van der Waals surface area contributed by atoms with E-state index in [0.717, 1.165) is 49.4 Å². The highest BCUT2D eigenvalue weighted by Crippen LogP contribution is 2.50. The van der Waals surface area contributed by atoms with Gasteiger partial charge in [-0.2, -0.15) is 0 Å². The standard InChI is InChI=1S/C32H34N6O7S/c1-32(2)26(31(44)45)38-29(43)23(30(38)46-32)35-28(42)22(16-3-5-17(39)6-4-16)34-27(41)20-15-37-12-9-18-21(36-13-10-33-11-14-36)8-7-19(24(18)37)25(20)40/h3-8,15,22-23,26,30,33,39H,9-14H2,1-2H3,(H,34,41)(H,35,42)(H,44,45). The molecule has 7 rings (SSSR count). The van der Waals surface area contributed by atoms with Crippen LogP contribution in [0.2, 0.25) is 0 Å². The number of thioether (sulfide) groups is 1. The molecular weight excluding hydrogens is 612 g/mol. The number of carboxylic acid groups (broad SMARTS) is 1. The summed E-state index contributed by atoms with van der Waals surface area (Å²) in [7, 11) is 0. The first-order valence-corrected chi connectivity index (χ1v) is 16.1. The van der Waals surface area contributed by atoms with Crippen LogP contribution in [-0.2, 0) is 27.3 Å². The average molecular weight is 647 g/mol. The number of aromatic hydroxyl groups is 1. The fourth-order valence-corrected chi connectivity index (χ4v) is 8.76. The van der Waals surface area contributed by atoms with Gasteiger partial charge in [-0.3, -0.25) is 19.2 Å². The third kappa shape index (κ3) is 4.78. The fraction of sp³-hybridized carbons (Fsp3) is 0.406. The Morgan fingerprint density at radius 3 is 2.46 bits per heavy atom. The van der Waals surface area contributed by atoms with Gasteiger partial charge in [0, 0.05) is 60.3 Å². The second-order valence-electron chi connectivity index (χ2n) is 12.6. The molecule has 0 spiro atoms. The van der Waals surface area contributed by atoms with Gasteiger partial charge in [-0.1, -0.05) is 12.1 Å². The molecule has 240 valence electrons. The summed E-state index contributed by atoms with van der Waals surface area (Å²) in [5.74, 6) is -3.15. The maximum absolute atomic E-state index is 13.8. The Balaban J connectivity index is 1.17. The number of aliphatic carboxylic acids is 1. The van der Waals surface area contributed by atoms with Gasteiger partial charge in [0.1, 0.15) is 34.8 Å². The van der Waals surface area contributed by atoms with Gasteiger partial charge in [0.15, 0.2) is 0 Å². The number of phenolic OH excluding ortho intramolecular Hbond substituents is 1. The molecule has 1 aromatic heterocycles. The first kappa shape index (κ1) is 30.1. The lowest BCUT2D eigenvalue weighted by Gasteiger charge is -2.44. The van der Waals surface area contributed by atoms with E-state index >= 15 is 0 Å². The number of pyridine rings is 1. The van der Waals surface area contributed by atoms with E-state index in [1.54, 1.807) is 26.1 Å². The highest BCUT2D eigenvalue weighted by atomic mass is 32.2. The Bertz CT molecular complexity index is 1850. The lowest BCUT2D eigenvalue weighted by Crippen LogP contribution is -2.71. The van der Waals surface area contributed by atoms with Crippen molar-refractivity contribution in [2.75, 3.05) is 31.1 Å². The maximum atomic E-state index is 13.8. The number of anilines is 1. The molecule has 3 amide bonds. The molecule has 5 heterocycles. The third-order valence-corrected chi connectivity index (χ3v) is 10.9. The van der Waals surface area contributed by atoms with Crippen LogP contribution < -0.4 is 26.3 Å². The molecule has 14 heteroatoms. The van der Waals surface area contributed by atoms with Gasteiger partial charge in [-0.25, -0.2) is 4.79 Å². The van der Waals surface area contributed by atoms with Gasteiger partial charge in [0.05, 0.1) is 5.52 Å². The molecule has 4 aliphatic rings. The second-order valence-corrected chi connectivity index (χ2v) is 14.4. The lowest BCUT2D eigenvalue weighted by molar-refractivity contribution is -0.161. The number of hydrogen-bond donors (Lipinski definition) is 5. The Morgan fingerprint density at radius 2 is 1.76 bits per heavy atom. The lowest BCUT2D eigenvalue weighted by atomic mass is 9.95. The zero-order chi connectivity index (χ0) is 32.5. The van der Waals surface area contributed by atoms with Crippen LogP contribution in [0.15, 0.2) is 47.4 Å². The Morgan fingerprint density at radius 1 is 1.04 bits per heavy atom. The number of hydrogen-bond acceptors (Lipinski definition) is 9. The van der Waals surface area contributed by atoms with Crippen LogP contribution in [0, 0.1) is 0 Å². The number of nitrogens with one attached hydrogen (secondary N) is 3. The minimum absolute atomic E-state index is 0.0462. The topological polar surface area (TPSA) is 173 Å². The molecule has 4 unspecified atom stereocenters. The van der Waals surface area contributed by atoms with E-state index in [4.69, 9.17) is 0 Å². The summed E-state index contributed by atoms with van der Waals surface area (Å²) in [6, 6.07) is 6.05. The van der Waals surface area contributed by atoms with Crippen molar-refractivity contribution in [2.45, 2.75) is 55.1 Å². The van der Waals surface area contributed by atoms with E-state index < -0.39 is 57.4 Å². The minimum atomic E-state index is -1.32. The second kappa shape index (κ2) is 11.1. The van der Waals surface area contributed by atoms with Crippen LogP contribution >= 0.6 is 11.8 Å². The number of aryl methyl sites for hydroxylation is 2. The van der Waals surface area contributed by atoms with E-state index in [1.807, 2.05) is 10.6 Å². The predicted octanol–water partition coefficient (Wildman–Crippen LogP) is 0.776. The summed E-state index contributed by atoms with van der Waals surface area (Å²) in [5, 5.41) is 28.2. The maximum Gasteiger partial charge on any atom is 0.327 e. The van der Waals surface area contributed by atoms with Gasteiger partial charge in [-0.15, -0.1) is 11.8 Å². The monoisotopic (exact) mass is 646 g/mol. The van der Waals surface area contributed by atoms with Crippen molar-refractivity contribution in [3.63, 3.8) is 0 Å². The van der Waals surface area contributed by atoms with E-state index in [2.05, 4.69) is 20.9 Å². The van der Waals surface area contributed by atoms with Crippen molar-refractivity contribution in [3.05, 3.63) is 69.5 Å². The fourth-order valence-electron chi connectivity index (χ4n) is 7.14. The van der Waals surface area contributed by atoms with Crippen LogP contribution in [0.1, 0.15) is 41.4 Å². The number of carbonyl (C=O) groups excluding carboxylic acids is 3. The van der Waals surface area contributed by atoms with Crippen LogP contribution in [0.25, 0.3) is 10.9 Å². The number of carbonyl (C=O) groups is 4. The quantitative estimate of drug-likeness (QED) is 0.231. The van der Waals surface area contributed by atoms with E-state index in [-0.39, 0.29) is 11.3 Å². The summed E-state index contributed by atoms with van der Waals surface area (Å²) >= 11 is 1.29. The van der Waals surface area contributed by atoms with Crippen molar-refractivity contribution < 1.29 is 29.4 Å². The molecule has 46 heavy (non-hydrogen) atoms. The van der Waals surface area contributed by atoms with Crippen molar-refractivity contribution in [3.8, 4) is 5.75 Å². The van der Waals surface area contributed by atoms with Crippen LogP contribution in [0.4, 0.5) is 5.69 Å². The normalized spacial score (nSPS) is 23.5. The number of carboxylic acids is 1. The number of β-lactam (4-membered cyclic amide) rings is 1. The number of benzene rings is 2. The van der Waals surface area contributed by atoms with Gasteiger partial charge in [0.2, 0.25) is 17.2 Å². The van der Waals surface area contributed by atoms with Crippen molar-refractivity contribution in [1.29, 1.82) is 0 Å². The first-order chi connectivity index (χ1) is 22.0. The molecule has 0 aliphatic carbocycles. The molecular formula is C32H34N6O7S. The minimum Gasteiger partial charge on any atom is -0.508 e. The smallest absolute Gasteiger partial charge is 0.327 e. The SMILES string of the molecule is CC1(C)SC2C(NC(=O)C(NC(=O)c3cn4c5c(c(N6CCNCC6)ccc5c3=O)CC4)c3ccc(O)cc3)C(=O)N2C1C(=O)O. The van der Waals surface area contributed by atoms with E-state index in [0.29, 0.717) is 17.5 Å². The third-order valence-electron chi connectivity index (χ3n) is 9.36. The van der Waals surface area contributed by atoms with E-state index in [1.165, 1.54) is 40.9 Å². The molecule has 13 nitrogen and oxygen atoms in total. The number of phenols is 1. The number of fused-ring (bicyclic) bond motifs is 1. The Hall–Kier alpha value is -4.56. The molecule has 2 aromatic carbocycles. The zero-order valence-electron chi connectivity index (χ0n) is 25.3. The molecule has 3 aromatic rings. The number of rotatable bonds is 7. The summed E-state index contributed by atoms with van der Waals surface area (Å²) in [6.45, 7) is 7.58. The van der Waals surface area contributed by atoms with Crippen LogP contribution in [0.5, 0.6) is 5.75 Å². The van der Waals surface area contributed by atoms with Gasteiger partial charge >= 0.3 is 5.97 Å². The molecule has 4 atom stereocenters. The summed E-state index contributed by atoms with van der Waals surface area (Å²) in [6.07, 6.45) is 2.27. The zero-order valence-corrected chi connectivity index (χ0v) is 26.1. The Labute approximate surface area is 267 Å². The number of nitrogens with zero attached hydrogens (tertiary/aromatic N) is 3. The van der Waals surface area contributed by atoms with Gasteiger partial charge in [-0.05, 0) is 50.1 Å². The highest BCUT2D eigenvalue weighted by molar-refractivity contribution is 8.01. The molecule has 4 aliphatic heterocycles. The van der Waals surface area contributed by atoms with Crippen molar-refractivity contribution in [1.82, 2.24) is 25.4 Å².